The number of aromatic hydroxyl groups is 1. The molecule has 2 N–H and O–H groups in total. The Hall–Kier alpha value is -3.43. The Kier molecular flexibility index (Phi) is 7.65. The molecule has 2 aliphatic heterocycles. The number of amides is 3. The number of nitrogens with zero attached hydrogens (tertiary/aromatic N) is 1. The van der Waals surface area contributed by atoms with Crippen LogP contribution in [0.5, 0.6) is 5.75 Å². The maximum absolute atomic E-state index is 13.3. The summed E-state index contributed by atoms with van der Waals surface area (Å²) >= 11 is 0. The summed E-state index contributed by atoms with van der Waals surface area (Å²) in [5.41, 5.74) is 4.23. The third-order valence-electron chi connectivity index (χ3n) is 8.35. The largest absolute Gasteiger partial charge is 0.507 e. The minimum absolute atomic E-state index is 0.211. The standard InChI is InChI=1S/C30H34BNO7/c1-4-7-19-15-22-27(29(35)32(28(22)34)30(36)38-3)23-16-31(37)39-25(26(19)23)13-10-17(2)14-18-11-12-24(33)21-9-6-5-8-20(18)21/h5-6,8-9,11-12,14,22-23,25,27,33,37H,4,7,10,13,15-16H2,1-3H3/b17-14+/t22-,23+,25-,27-/m1/s1. The number of phenols is 1. The van der Waals surface area contributed by atoms with Gasteiger partial charge in [0.15, 0.2) is 0 Å². The molecule has 2 fully saturated rings. The fourth-order valence-electron chi connectivity index (χ4n) is 6.70. The molecule has 0 bridgehead atoms. The SMILES string of the molecule is CCCC1=C2[C@@H](CC/C(C)=C/c3ccc(O)c4ccccc34)OB(O)C[C@@H]2[C@@H]2C(=O)N(C(=O)OC)C(=O)[C@@H]2C1. The lowest BCUT2D eigenvalue weighted by molar-refractivity contribution is -0.137. The van der Waals surface area contributed by atoms with Gasteiger partial charge in [0.25, 0.3) is 0 Å². The summed E-state index contributed by atoms with van der Waals surface area (Å²) in [7, 11) is 0.0908. The molecule has 204 valence electrons. The highest BCUT2D eigenvalue weighted by molar-refractivity contribution is 6.43. The van der Waals surface area contributed by atoms with Crippen molar-refractivity contribution in [2.24, 2.45) is 17.8 Å². The van der Waals surface area contributed by atoms with Crippen LogP contribution in [0.15, 0.2) is 53.1 Å². The van der Waals surface area contributed by atoms with Crippen LogP contribution >= 0.6 is 0 Å². The van der Waals surface area contributed by atoms with Crippen molar-refractivity contribution in [2.45, 2.75) is 58.4 Å². The first-order valence-electron chi connectivity index (χ1n) is 13.6. The van der Waals surface area contributed by atoms with Crippen molar-refractivity contribution in [3.63, 3.8) is 0 Å². The van der Waals surface area contributed by atoms with E-state index in [1.165, 1.54) is 0 Å². The molecule has 0 unspecified atom stereocenters. The Labute approximate surface area is 228 Å². The zero-order chi connectivity index (χ0) is 27.8. The molecule has 2 saturated heterocycles. The van der Waals surface area contributed by atoms with Crippen LogP contribution in [0.2, 0.25) is 6.32 Å². The van der Waals surface area contributed by atoms with Crippen LogP contribution in [0, 0.1) is 17.8 Å². The summed E-state index contributed by atoms with van der Waals surface area (Å²) in [5, 5.41) is 22.7. The van der Waals surface area contributed by atoms with E-state index in [4.69, 9.17) is 9.39 Å². The first-order chi connectivity index (χ1) is 18.7. The summed E-state index contributed by atoms with van der Waals surface area (Å²) in [6.45, 7) is 4.11. The zero-order valence-electron chi connectivity index (χ0n) is 22.6. The number of fused-ring (bicyclic) bond motifs is 4. The fourth-order valence-corrected chi connectivity index (χ4v) is 6.70. The smallest absolute Gasteiger partial charge is 0.455 e. The summed E-state index contributed by atoms with van der Waals surface area (Å²) in [6.07, 6.45) is 4.30. The number of hydrogen-bond donors (Lipinski definition) is 2. The summed E-state index contributed by atoms with van der Waals surface area (Å²) < 4.78 is 10.8. The second kappa shape index (κ2) is 11.0. The van der Waals surface area contributed by atoms with E-state index in [0.29, 0.717) is 24.2 Å². The van der Waals surface area contributed by atoms with Crippen LogP contribution in [0.3, 0.4) is 0 Å². The van der Waals surface area contributed by atoms with E-state index in [9.17, 15) is 24.5 Å². The van der Waals surface area contributed by atoms with E-state index < -0.39 is 43.0 Å². The Balaban J connectivity index is 1.42. The van der Waals surface area contributed by atoms with E-state index in [1.807, 2.05) is 37.3 Å². The summed E-state index contributed by atoms with van der Waals surface area (Å²) in [5.74, 6) is -2.50. The van der Waals surface area contributed by atoms with Crippen molar-refractivity contribution in [3.8, 4) is 5.75 Å². The predicted molar refractivity (Wildman–Crippen MR) is 147 cm³/mol. The minimum atomic E-state index is -1.06. The van der Waals surface area contributed by atoms with Crippen molar-refractivity contribution in [2.75, 3.05) is 7.11 Å². The lowest BCUT2D eigenvalue weighted by Gasteiger charge is -2.43. The van der Waals surface area contributed by atoms with Crippen LogP contribution in [0.25, 0.3) is 16.8 Å². The van der Waals surface area contributed by atoms with Gasteiger partial charge in [-0.05, 0) is 67.4 Å². The zero-order valence-corrected chi connectivity index (χ0v) is 22.6. The Morgan fingerprint density at radius 1 is 1.15 bits per heavy atom. The molecule has 3 amide bonds. The van der Waals surface area contributed by atoms with Crippen LogP contribution in [0.4, 0.5) is 4.79 Å². The Bertz CT molecular complexity index is 1380. The maximum atomic E-state index is 13.3. The van der Waals surface area contributed by atoms with Gasteiger partial charge in [-0.1, -0.05) is 60.9 Å². The number of methoxy groups -OCH3 is 1. The lowest BCUT2D eigenvalue weighted by atomic mass is 9.58. The minimum Gasteiger partial charge on any atom is -0.507 e. The highest BCUT2D eigenvalue weighted by atomic mass is 16.5. The van der Waals surface area contributed by atoms with Gasteiger partial charge in [-0.2, -0.15) is 4.90 Å². The van der Waals surface area contributed by atoms with Crippen molar-refractivity contribution in [3.05, 3.63) is 58.7 Å². The van der Waals surface area contributed by atoms with Gasteiger partial charge < -0.3 is 19.5 Å². The number of imide groups is 3. The van der Waals surface area contributed by atoms with Gasteiger partial charge in [0.2, 0.25) is 11.8 Å². The first kappa shape index (κ1) is 27.2. The van der Waals surface area contributed by atoms with Crippen molar-refractivity contribution < 1.29 is 33.9 Å². The van der Waals surface area contributed by atoms with E-state index in [-0.39, 0.29) is 18.0 Å². The van der Waals surface area contributed by atoms with Gasteiger partial charge in [-0.25, -0.2) is 4.79 Å². The summed E-state index contributed by atoms with van der Waals surface area (Å²) in [4.78, 5) is 39.3. The van der Waals surface area contributed by atoms with Gasteiger partial charge in [0, 0.05) is 5.39 Å². The van der Waals surface area contributed by atoms with Crippen molar-refractivity contribution in [1.82, 2.24) is 4.90 Å². The molecule has 2 aromatic carbocycles. The molecule has 0 aromatic heterocycles. The van der Waals surface area contributed by atoms with Gasteiger partial charge >= 0.3 is 13.2 Å². The molecule has 0 spiro atoms. The van der Waals surface area contributed by atoms with Crippen LogP contribution in [0.1, 0.15) is 51.5 Å². The lowest BCUT2D eigenvalue weighted by Crippen LogP contribution is -2.46. The number of hydrogen-bond acceptors (Lipinski definition) is 7. The molecule has 0 radical (unpaired) electrons. The van der Waals surface area contributed by atoms with Crippen LogP contribution in [-0.4, -0.2) is 53.3 Å². The monoisotopic (exact) mass is 531 g/mol. The highest BCUT2D eigenvalue weighted by Gasteiger charge is 2.59. The number of ether oxygens (including phenoxy) is 1. The molecule has 9 heteroatoms. The Morgan fingerprint density at radius 3 is 2.62 bits per heavy atom. The third-order valence-corrected chi connectivity index (χ3v) is 8.35. The number of likely N-dealkylation sites (tertiary alicyclic amines) is 1. The van der Waals surface area contributed by atoms with E-state index in [0.717, 1.165) is 53.0 Å². The number of carbonyl (C=O) groups excluding carboxylic acids is 3. The van der Waals surface area contributed by atoms with Gasteiger partial charge in [-0.3, -0.25) is 9.59 Å². The molecule has 2 aromatic rings. The molecule has 39 heavy (non-hydrogen) atoms. The van der Waals surface area contributed by atoms with Crippen molar-refractivity contribution >= 4 is 41.9 Å². The number of rotatable bonds is 6. The van der Waals surface area contributed by atoms with Gasteiger partial charge in [0.1, 0.15) is 5.75 Å². The fraction of sp³-hybridized carbons (Fsp3) is 0.433. The van der Waals surface area contributed by atoms with E-state index in [1.54, 1.807) is 6.07 Å². The quantitative estimate of drug-likeness (QED) is 0.303. The van der Waals surface area contributed by atoms with E-state index in [2.05, 4.69) is 13.0 Å². The van der Waals surface area contributed by atoms with Gasteiger partial charge in [-0.15, -0.1) is 0 Å². The topological polar surface area (TPSA) is 113 Å². The molecule has 5 rings (SSSR count). The third kappa shape index (κ3) is 4.89. The normalized spacial score (nSPS) is 25.3. The Morgan fingerprint density at radius 2 is 1.90 bits per heavy atom. The number of benzene rings is 2. The maximum Gasteiger partial charge on any atom is 0.455 e. The molecule has 8 nitrogen and oxygen atoms in total. The van der Waals surface area contributed by atoms with Gasteiger partial charge in [0.05, 0.1) is 25.0 Å². The highest BCUT2D eigenvalue weighted by Crippen LogP contribution is 2.51. The second-order valence-corrected chi connectivity index (χ2v) is 10.8. The second-order valence-electron chi connectivity index (χ2n) is 10.8. The number of phenolic OH excluding ortho intramolecular Hbond substituents is 1. The van der Waals surface area contributed by atoms with E-state index >= 15 is 0 Å². The van der Waals surface area contributed by atoms with Crippen LogP contribution < -0.4 is 0 Å². The molecule has 2 heterocycles. The first-order valence-corrected chi connectivity index (χ1v) is 13.6. The average molecular weight is 531 g/mol. The number of carbonyl (C=O) groups is 3. The van der Waals surface area contributed by atoms with Crippen molar-refractivity contribution in [1.29, 1.82) is 0 Å². The molecule has 1 aliphatic carbocycles. The number of allylic oxidation sites excluding steroid dienone is 2. The molecule has 4 atom stereocenters. The molecule has 3 aliphatic rings. The molecule has 0 saturated carbocycles. The predicted octanol–water partition coefficient (Wildman–Crippen LogP) is 5.09. The molecular weight excluding hydrogens is 497 g/mol. The molecular formula is C30H34BNO7. The van der Waals surface area contributed by atoms with Crippen LogP contribution in [-0.2, 0) is 19.0 Å². The average Bonchev–Trinajstić information content (AvgIpc) is 3.18. The summed E-state index contributed by atoms with van der Waals surface area (Å²) in [6, 6.07) is 11.3.